The van der Waals surface area contributed by atoms with Gasteiger partial charge in [0.2, 0.25) is 0 Å². The Morgan fingerprint density at radius 3 is 2.50 bits per heavy atom. The molecule has 3 nitrogen and oxygen atoms in total. The summed E-state index contributed by atoms with van der Waals surface area (Å²) >= 11 is 0. The normalized spacial score (nSPS) is 11.9. The molecule has 0 aromatic rings. The van der Waals surface area contributed by atoms with Crippen molar-refractivity contribution in [2.24, 2.45) is 5.92 Å². The molecule has 0 bridgehead atoms. The zero-order valence-electron chi connectivity index (χ0n) is 10.0. The van der Waals surface area contributed by atoms with Gasteiger partial charge in [-0.05, 0) is 32.6 Å². The van der Waals surface area contributed by atoms with E-state index in [9.17, 15) is 4.79 Å². The molecule has 3 heteroatoms. The Kier molecular flexibility index (Phi) is 5.77. The summed E-state index contributed by atoms with van der Waals surface area (Å²) in [5.74, 6) is 0.658. The first kappa shape index (κ1) is 13.4. The number of methoxy groups -OCH3 is 1. The van der Waals surface area contributed by atoms with E-state index in [0.717, 1.165) is 19.4 Å². The first-order chi connectivity index (χ1) is 6.40. The van der Waals surface area contributed by atoms with Crippen LogP contribution in [0.2, 0.25) is 0 Å². The molecular formula is C11H25NO2. The van der Waals surface area contributed by atoms with Crippen molar-refractivity contribution < 1.29 is 11.0 Å². The Morgan fingerprint density at radius 1 is 1.50 bits per heavy atom. The third-order valence-corrected chi connectivity index (χ3v) is 2.30. The summed E-state index contributed by atoms with van der Waals surface area (Å²) in [6, 6.07) is 0. The van der Waals surface area contributed by atoms with Crippen LogP contribution in [0.1, 0.15) is 42.0 Å². The fourth-order valence-electron chi connectivity index (χ4n) is 1.02. The molecule has 14 heavy (non-hydrogen) atoms. The zero-order chi connectivity index (χ0) is 11.2. The number of hydrogen-bond donors (Lipinski definition) is 1. The summed E-state index contributed by atoms with van der Waals surface area (Å²) in [6.45, 7) is 8.64. The molecule has 0 saturated carbocycles. The quantitative estimate of drug-likeness (QED) is 0.672. The van der Waals surface area contributed by atoms with E-state index in [2.05, 4.69) is 19.2 Å². The molecule has 0 rings (SSSR count). The summed E-state index contributed by atoms with van der Waals surface area (Å²) in [5.41, 5.74) is -0.710. The molecule has 0 fully saturated rings. The average Bonchev–Trinajstić information content (AvgIpc) is 2.11. The van der Waals surface area contributed by atoms with Crippen LogP contribution in [0.15, 0.2) is 0 Å². The van der Waals surface area contributed by atoms with Crippen LogP contribution in [0.5, 0.6) is 0 Å². The Morgan fingerprint density at radius 2 is 2.07 bits per heavy atom. The maximum Gasteiger partial charge on any atom is 0.251 e. The second kappa shape index (κ2) is 6.02. The van der Waals surface area contributed by atoms with Crippen molar-refractivity contribution in [1.29, 1.82) is 0 Å². The van der Waals surface area contributed by atoms with E-state index in [0.29, 0.717) is 5.92 Å². The molecule has 0 heterocycles. The number of nitrogens with one attached hydrogen (secondary N) is 1. The highest BCUT2D eigenvalue weighted by atomic mass is 16.5. The summed E-state index contributed by atoms with van der Waals surface area (Å²) in [5, 5.41) is 2.87. The number of carbonyl (C=O) groups is 1. The van der Waals surface area contributed by atoms with E-state index in [1.165, 1.54) is 0 Å². The molecule has 1 N–H and O–H groups in total. The molecule has 0 saturated heterocycles. The second-order valence-corrected chi connectivity index (χ2v) is 4.51. The van der Waals surface area contributed by atoms with Gasteiger partial charge in [-0.3, -0.25) is 4.79 Å². The van der Waals surface area contributed by atoms with E-state index >= 15 is 0 Å². The second-order valence-electron chi connectivity index (χ2n) is 4.51. The van der Waals surface area contributed by atoms with E-state index in [1.54, 1.807) is 21.0 Å². The molecule has 0 radical (unpaired) electrons. The summed E-state index contributed by atoms with van der Waals surface area (Å²) in [4.78, 5) is 11.5. The average molecular weight is 203 g/mol. The first-order valence-corrected chi connectivity index (χ1v) is 5.23. The lowest BCUT2D eigenvalue weighted by Gasteiger charge is -2.21. The van der Waals surface area contributed by atoms with Crippen LogP contribution < -0.4 is 5.32 Å². The lowest BCUT2D eigenvalue weighted by Crippen LogP contribution is -2.43. The van der Waals surface area contributed by atoms with Crippen LogP contribution in [0.3, 0.4) is 0 Å². The Labute approximate surface area is 88.7 Å². The van der Waals surface area contributed by atoms with Crippen molar-refractivity contribution in [3.8, 4) is 0 Å². The van der Waals surface area contributed by atoms with Gasteiger partial charge in [-0.25, -0.2) is 0 Å². The molecule has 86 valence electrons. The molecule has 0 aliphatic heterocycles. The van der Waals surface area contributed by atoms with Crippen molar-refractivity contribution in [3.63, 3.8) is 0 Å². The van der Waals surface area contributed by atoms with Gasteiger partial charge in [-0.1, -0.05) is 13.8 Å². The highest BCUT2D eigenvalue weighted by molar-refractivity contribution is 5.84. The minimum atomic E-state index is -0.710. The highest BCUT2D eigenvalue weighted by Gasteiger charge is 2.26. The number of amides is 1. The highest BCUT2D eigenvalue weighted by Crippen LogP contribution is 2.07. The smallest absolute Gasteiger partial charge is 0.251 e. The van der Waals surface area contributed by atoms with Gasteiger partial charge in [0.1, 0.15) is 5.60 Å². The molecular weight excluding hydrogens is 178 g/mol. The largest absolute Gasteiger partial charge is 0.369 e. The molecule has 0 aromatic heterocycles. The van der Waals surface area contributed by atoms with E-state index in [1.807, 2.05) is 0 Å². The number of rotatable bonds is 6. The van der Waals surface area contributed by atoms with Crippen LogP contribution >= 0.6 is 0 Å². The zero-order valence-corrected chi connectivity index (χ0v) is 10.0. The third kappa shape index (κ3) is 5.22. The van der Waals surface area contributed by atoms with Crippen molar-refractivity contribution in [3.05, 3.63) is 0 Å². The van der Waals surface area contributed by atoms with E-state index in [4.69, 9.17) is 4.74 Å². The summed E-state index contributed by atoms with van der Waals surface area (Å²) in [6.07, 6.45) is 2.18. The van der Waals surface area contributed by atoms with Crippen molar-refractivity contribution in [2.75, 3.05) is 13.7 Å². The number of carbonyl (C=O) groups excluding carboxylic acids is 1. The monoisotopic (exact) mass is 203 g/mol. The van der Waals surface area contributed by atoms with Gasteiger partial charge in [0.25, 0.3) is 5.91 Å². The molecule has 0 aliphatic rings. The van der Waals surface area contributed by atoms with Crippen LogP contribution in [0.25, 0.3) is 0 Å². The predicted octanol–water partition coefficient (Wildman–Crippen LogP) is 2.21. The van der Waals surface area contributed by atoms with E-state index in [-0.39, 0.29) is 7.33 Å². The number of ether oxygens (including phenoxy) is 1. The van der Waals surface area contributed by atoms with Crippen molar-refractivity contribution in [2.45, 2.75) is 46.1 Å². The third-order valence-electron chi connectivity index (χ3n) is 2.30. The minimum absolute atomic E-state index is 0. The molecule has 0 aliphatic carbocycles. The topological polar surface area (TPSA) is 38.3 Å². The lowest BCUT2D eigenvalue weighted by atomic mass is 10.1. The predicted molar refractivity (Wildman–Crippen MR) is 60.3 cm³/mol. The Bertz CT molecular complexity index is 181. The minimum Gasteiger partial charge on any atom is -0.369 e. The van der Waals surface area contributed by atoms with Gasteiger partial charge >= 0.3 is 0 Å². The Hall–Kier alpha value is -0.570. The van der Waals surface area contributed by atoms with Crippen molar-refractivity contribution in [1.82, 2.24) is 5.32 Å². The maximum absolute atomic E-state index is 11.5. The van der Waals surface area contributed by atoms with Gasteiger partial charge in [-0.2, -0.15) is 0 Å². The van der Waals surface area contributed by atoms with Gasteiger partial charge in [0.05, 0.1) is 0 Å². The Balaban J connectivity index is 0. The fourth-order valence-corrected chi connectivity index (χ4v) is 1.02. The van der Waals surface area contributed by atoms with Gasteiger partial charge in [-0.15, -0.1) is 0 Å². The van der Waals surface area contributed by atoms with E-state index < -0.39 is 5.60 Å². The standard InChI is InChI=1S/C11H23NO2.H2/c1-9(2)7-6-8-12-10(13)11(3,4)14-5;/h9H,6-8H2,1-5H3,(H,12,13);1H. The number of hydrogen-bond acceptors (Lipinski definition) is 2. The molecule has 0 atom stereocenters. The van der Waals surface area contributed by atoms with Gasteiger partial charge in [0, 0.05) is 15.1 Å². The van der Waals surface area contributed by atoms with Crippen LogP contribution in [0, 0.1) is 5.92 Å². The van der Waals surface area contributed by atoms with Crippen LogP contribution in [-0.4, -0.2) is 25.2 Å². The van der Waals surface area contributed by atoms with Gasteiger partial charge in [0.15, 0.2) is 0 Å². The van der Waals surface area contributed by atoms with Crippen LogP contribution in [0.4, 0.5) is 0 Å². The van der Waals surface area contributed by atoms with Gasteiger partial charge < -0.3 is 10.1 Å². The molecule has 0 unspecified atom stereocenters. The van der Waals surface area contributed by atoms with Crippen molar-refractivity contribution >= 4 is 5.91 Å². The fraction of sp³-hybridized carbons (Fsp3) is 0.909. The SMILES string of the molecule is COC(C)(C)C(=O)NCCCC(C)C.[HH]. The maximum atomic E-state index is 11.5. The summed E-state index contributed by atoms with van der Waals surface area (Å²) in [7, 11) is 1.55. The molecule has 0 aromatic carbocycles. The first-order valence-electron chi connectivity index (χ1n) is 5.23. The summed E-state index contributed by atoms with van der Waals surface area (Å²) < 4.78 is 5.07. The lowest BCUT2D eigenvalue weighted by molar-refractivity contribution is -0.139. The van der Waals surface area contributed by atoms with Crippen LogP contribution in [-0.2, 0) is 9.53 Å². The molecule has 1 amide bonds. The molecule has 0 spiro atoms.